The minimum absolute atomic E-state index is 0.176. The third kappa shape index (κ3) is 5.41. The number of fused-ring (bicyclic) bond motifs is 1. The van der Waals surface area contributed by atoms with Crippen LogP contribution in [-0.4, -0.2) is 25.1 Å². The molecule has 0 aliphatic carbocycles. The van der Waals surface area contributed by atoms with Gasteiger partial charge in [-0.2, -0.15) is 0 Å². The topological polar surface area (TPSA) is 86.0 Å². The van der Waals surface area contributed by atoms with Gasteiger partial charge in [-0.05, 0) is 67.1 Å². The van der Waals surface area contributed by atoms with Crippen molar-refractivity contribution in [2.75, 3.05) is 19.5 Å². The van der Waals surface area contributed by atoms with Gasteiger partial charge in [0, 0.05) is 20.8 Å². The first-order valence-electron chi connectivity index (χ1n) is 11.8. The minimum Gasteiger partial charge on any atom is -0.497 e. The van der Waals surface area contributed by atoms with Gasteiger partial charge in [0.25, 0.3) is 5.91 Å². The maximum Gasteiger partial charge on any atom is 0.262 e. The highest BCUT2D eigenvalue weighted by Gasteiger charge is 2.18. The lowest BCUT2D eigenvalue weighted by molar-refractivity contribution is 0.102. The molecular weight excluding hydrogens is 522 g/mol. The SMILES string of the molecule is CCc1sc(NC(=O)c2cc3cc(OC)ccc3oc2=Nc2ccc(OC)cc2)nc1-c1ccc(Cl)cc1. The molecule has 9 heteroatoms. The maximum atomic E-state index is 13.6. The van der Waals surface area contributed by atoms with Crippen LogP contribution in [0.15, 0.2) is 82.2 Å². The van der Waals surface area contributed by atoms with E-state index in [9.17, 15) is 4.79 Å². The molecule has 0 radical (unpaired) electrons. The Morgan fingerprint density at radius 1 is 1.00 bits per heavy atom. The van der Waals surface area contributed by atoms with Gasteiger partial charge < -0.3 is 13.9 Å². The number of hydrogen-bond acceptors (Lipinski definition) is 7. The zero-order valence-electron chi connectivity index (χ0n) is 20.9. The quantitative estimate of drug-likeness (QED) is 0.232. The highest BCUT2D eigenvalue weighted by atomic mass is 35.5. The predicted octanol–water partition coefficient (Wildman–Crippen LogP) is 7.27. The second-order valence-electron chi connectivity index (χ2n) is 8.28. The lowest BCUT2D eigenvalue weighted by Crippen LogP contribution is -2.21. The van der Waals surface area contributed by atoms with Gasteiger partial charge in [0.05, 0.1) is 25.6 Å². The summed E-state index contributed by atoms with van der Waals surface area (Å²) in [5.74, 6) is 0.972. The summed E-state index contributed by atoms with van der Waals surface area (Å²) < 4.78 is 16.7. The molecule has 0 saturated heterocycles. The van der Waals surface area contributed by atoms with Crippen LogP contribution < -0.4 is 20.3 Å². The number of carbonyl (C=O) groups is 1. The van der Waals surface area contributed by atoms with Gasteiger partial charge in [0.2, 0.25) is 5.55 Å². The molecule has 5 rings (SSSR count). The van der Waals surface area contributed by atoms with E-state index in [1.165, 1.54) is 11.3 Å². The van der Waals surface area contributed by atoms with Crippen LogP contribution in [0.25, 0.3) is 22.2 Å². The Balaban J connectivity index is 1.56. The van der Waals surface area contributed by atoms with Crippen molar-refractivity contribution in [3.63, 3.8) is 0 Å². The number of thiazole rings is 1. The molecule has 0 aliphatic heterocycles. The summed E-state index contributed by atoms with van der Waals surface area (Å²) in [5.41, 5.74) is 3.39. The average molecular weight is 546 g/mol. The number of nitrogens with one attached hydrogen (secondary N) is 1. The molecule has 0 bridgehead atoms. The molecule has 0 spiro atoms. The highest BCUT2D eigenvalue weighted by molar-refractivity contribution is 7.16. The number of amides is 1. The molecule has 5 aromatic rings. The Bertz CT molecular complexity index is 1680. The van der Waals surface area contributed by atoms with Crippen molar-refractivity contribution in [2.45, 2.75) is 13.3 Å². The number of aromatic nitrogens is 1. The van der Waals surface area contributed by atoms with Crippen molar-refractivity contribution in [1.82, 2.24) is 4.98 Å². The number of aryl methyl sites for hydroxylation is 1. The Morgan fingerprint density at radius 3 is 2.39 bits per heavy atom. The Labute approximate surface area is 228 Å². The molecule has 0 saturated carbocycles. The number of rotatable bonds is 7. The fourth-order valence-electron chi connectivity index (χ4n) is 3.90. The van der Waals surface area contributed by atoms with E-state index in [1.807, 2.05) is 30.3 Å². The number of ether oxygens (including phenoxy) is 2. The van der Waals surface area contributed by atoms with Gasteiger partial charge in [-0.1, -0.05) is 30.7 Å². The van der Waals surface area contributed by atoms with Crippen LogP contribution in [0.4, 0.5) is 10.8 Å². The van der Waals surface area contributed by atoms with Crippen LogP contribution in [0.1, 0.15) is 22.2 Å². The monoisotopic (exact) mass is 545 g/mol. The van der Waals surface area contributed by atoms with Crippen molar-refractivity contribution in [3.05, 3.63) is 93.8 Å². The van der Waals surface area contributed by atoms with Gasteiger partial charge in [-0.15, -0.1) is 11.3 Å². The van der Waals surface area contributed by atoms with E-state index in [2.05, 4.69) is 17.2 Å². The molecule has 1 N–H and O–H groups in total. The summed E-state index contributed by atoms with van der Waals surface area (Å²) in [6.07, 6.45) is 0.772. The van der Waals surface area contributed by atoms with Crippen molar-refractivity contribution >= 4 is 50.6 Å². The van der Waals surface area contributed by atoms with Crippen LogP contribution in [-0.2, 0) is 6.42 Å². The lowest BCUT2D eigenvalue weighted by Gasteiger charge is -2.07. The van der Waals surface area contributed by atoms with Gasteiger partial charge in [-0.3, -0.25) is 10.1 Å². The van der Waals surface area contributed by atoms with Crippen LogP contribution in [0.3, 0.4) is 0 Å². The van der Waals surface area contributed by atoms with E-state index in [0.29, 0.717) is 38.3 Å². The second-order valence-corrected chi connectivity index (χ2v) is 9.80. The fraction of sp³-hybridized carbons (Fsp3) is 0.138. The van der Waals surface area contributed by atoms with Crippen molar-refractivity contribution < 1.29 is 18.7 Å². The zero-order valence-corrected chi connectivity index (χ0v) is 22.5. The van der Waals surface area contributed by atoms with Crippen molar-refractivity contribution in [1.29, 1.82) is 0 Å². The highest BCUT2D eigenvalue weighted by Crippen LogP contribution is 2.32. The normalized spacial score (nSPS) is 11.5. The molecule has 0 fully saturated rings. The van der Waals surface area contributed by atoms with Crippen LogP contribution >= 0.6 is 22.9 Å². The number of methoxy groups -OCH3 is 2. The van der Waals surface area contributed by atoms with E-state index < -0.39 is 0 Å². The van der Waals surface area contributed by atoms with Gasteiger partial charge in [-0.25, -0.2) is 9.98 Å². The van der Waals surface area contributed by atoms with E-state index >= 15 is 0 Å². The molecule has 0 aliphatic rings. The van der Waals surface area contributed by atoms with E-state index in [0.717, 1.165) is 22.6 Å². The van der Waals surface area contributed by atoms with Gasteiger partial charge in [0.15, 0.2) is 5.13 Å². The van der Waals surface area contributed by atoms with E-state index in [1.54, 1.807) is 56.7 Å². The summed E-state index contributed by atoms with van der Waals surface area (Å²) in [6.45, 7) is 2.06. The average Bonchev–Trinajstić information content (AvgIpc) is 3.35. The first-order valence-corrected chi connectivity index (χ1v) is 13.0. The van der Waals surface area contributed by atoms with Crippen molar-refractivity contribution in [2.24, 2.45) is 4.99 Å². The fourth-order valence-corrected chi connectivity index (χ4v) is 4.94. The zero-order chi connectivity index (χ0) is 26.6. The standard InChI is InChI=1S/C29H24ClN3O4S/c1-4-25-26(17-5-7-19(30)8-6-17)32-29(38-25)33-27(34)23-16-18-15-22(36-3)13-14-24(18)37-28(23)31-20-9-11-21(35-2)12-10-20/h5-16H,4H2,1-3H3,(H,32,33,34). The largest absolute Gasteiger partial charge is 0.497 e. The number of hydrogen-bond donors (Lipinski definition) is 1. The summed E-state index contributed by atoms with van der Waals surface area (Å²) in [5, 5.41) is 4.79. The van der Waals surface area contributed by atoms with Crippen LogP contribution in [0.2, 0.25) is 5.02 Å². The molecule has 2 aromatic heterocycles. The second kappa shape index (κ2) is 11.1. The maximum absolute atomic E-state index is 13.6. The third-order valence-electron chi connectivity index (χ3n) is 5.86. The number of halogens is 1. The molecule has 1 amide bonds. The molecule has 0 unspecified atom stereocenters. The minimum atomic E-state index is -0.384. The Hall–Kier alpha value is -4.14. The number of nitrogens with zero attached hydrogens (tertiary/aromatic N) is 2. The number of benzene rings is 3. The number of anilines is 1. The van der Waals surface area contributed by atoms with Crippen LogP contribution in [0, 0.1) is 0 Å². The molecular formula is C29H24ClN3O4S. The smallest absolute Gasteiger partial charge is 0.262 e. The molecule has 192 valence electrons. The summed E-state index contributed by atoms with van der Waals surface area (Å²) in [6, 6.07) is 21.8. The summed E-state index contributed by atoms with van der Waals surface area (Å²) >= 11 is 7.49. The van der Waals surface area contributed by atoms with E-state index in [-0.39, 0.29) is 17.0 Å². The van der Waals surface area contributed by atoms with Gasteiger partial charge in [0.1, 0.15) is 22.6 Å². The molecule has 3 aromatic carbocycles. The summed E-state index contributed by atoms with van der Waals surface area (Å²) in [7, 11) is 3.19. The first kappa shape index (κ1) is 25.5. The van der Waals surface area contributed by atoms with E-state index in [4.69, 9.17) is 30.5 Å². The third-order valence-corrected chi connectivity index (χ3v) is 7.23. The predicted molar refractivity (Wildman–Crippen MR) is 151 cm³/mol. The first-order chi connectivity index (χ1) is 18.5. The lowest BCUT2D eigenvalue weighted by atomic mass is 10.1. The molecule has 7 nitrogen and oxygen atoms in total. The molecule has 38 heavy (non-hydrogen) atoms. The number of carbonyl (C=O) groups excluding carboxylic acids is 1. The Kier molecular flexibility index (Phi) is 7.44. The van der Waals surface area contributed by atoms with Crippen LogP contribution in [0.5, 0.6) is 11.5 Å². The molecule has 0 atom stereocenters. The van der Waals surface area contributed by atoms with Crippen molar-refractivity contribution in [3.8, 4) is 22.8 Å². The summed E-state index contributed by atoms with van der Waals surface area (Å²) in [4.78, 5) is 24.0. The van der Waals surface area contributed by atoms with Gasteiger partial charge >= 0.3 is 0 Å². The molecule has 2 heterocycles. The Morgan fingerprint density at radius 2 is 1.71 bits per heavy atom.